The minimum absolute atomic E-state index is 0.0433. The van der Waals surface area contributed by atoms with Gasteiger partial charge in [-0.05, 0) is 5.56 Å². The van der Waals surface area contributed by atoms with Crippen molar-refractivity contribution < 1.29 is 22.8 Å². The third kappa shape index (κ3) is 2.16. The second kappa shape index (κ2) is 4.57. The minimum Gasteiger partial charge on any atom is -0.296 e. The van der Waals surface area contributed by atoms with Gasteiger partial charge in [0, 0.05) is 0 Å². The lowest BCUT2D eigenvalue weighted by Crippen LogP contribution is -2.37. The maximum atomic E-state index is 12.8. The lowest BCUT2D eigenvalue weighted by atomic mass is 9.98. The van der Waals surface area contributed by atoms with Crippen LogP contribution in [0.25, 0.3) is 0 Å². The molecule has 0 saturated carbocycles. The van der Waals surface area contributed by atoms with Gasteiger partial charge in [-0.15, -0.1) is 0 Å². The molecule has 2 atom stereocenters. The van der Waals surface area contributed by atoms with Gasteiger partial charge in [0.25, 0.3) is 5.91 Å². The van der Waals surface area contributed by atoms with Crippen LogP contribution in [0.4, 0.5) is 13.2 Å². The molecule has 1 aromatic rings. The summed E-state index contributed by atoms with van der Waals surface area (Å²) in [5.41, 5.74) is 1.56. The number of hydrogen-bond donors (Lipinski definition) is 1. The average Bonchev–Trinajstić information content (AvgIpc) is 2.96. The van der Waals surface area contributed by atoms with Crippen molar-refractivity contribution in [2.24, 2.45) is 11.0 Å². The fourth-order valence-electron chi connectivity index (χ4n) is 2.50. The summed E-state index contributed by atoms with van der Waals surface area (Å²) in [4.78, 5) is 25.1. The lowest BCUT2D eigenvalue weighted by Gasteiger charge is -2.16. The Morgan fingerprint density at radius 3 is 2.43 bits per heavy atom. The van der Waals surface area contributed by atoms with Gasteiger partial charge in [0.1, 0.15) is 12.0 Å². The fraction of sp³-hybridized carbons (Fsp3) is 0.308. The van der Waals surface area contributed by atoms with E-state index in [1.807, 2.05) is 0 Å². The van der Waals surface area contributed by atoms with Crippen LogP contribution in [-0.4, -0.2) is 34.6 Å². The number of carbonyl (C=O) groups excluding carboxylic acids is 2. The van der Waals surface area contributed by atoms with Gasteiger partial charge in [-0.2, -0.15) is 18.3 Å². The third-order valence-corrected chi connectivity index (χ3v) is 3.49. The Hall–Kier alpha value is -2.38. The summed E-state index contributed by atoms with van der Waals surface area (Å²) in [5.74, 6) is -3.13. The van der Waals surface area contributed by atoms with Crippen LogP contribution in [0.3, 0.4) is 0 Å². The molecule has 0 radical (unpaired) electrons. The number of benzene rings is 1. The van der Waals surface area contributed by atoms with Gasteiger partial charge >= 0.3 is 6.18 Å². The minimum atomic E-state index is -4.73. The number of nitrogens with zero attached hydrogens (tertiary/aromatic N) is 2. The Kier molecular flexibility index (Phi) is 2.96. The first-order chi connectivity index (χ1) is 9.89. The first-order valence-electron chi connectivity index (χ1n) is 6.19. The number of hydrazone groups is 1. The zero-order chi connectivity index (χ0) is 15.2. The van der Waals surface area contributed by atoms with Crippen LogP contribution in [0.15, 0.2) is 35.4 Å². The quantitative estimate of drug-likeness (QED) is 0.830. The first kappa shape index (κ1) is 13.6. The summed E-state index contributed by atoms with van der Waals surface area (Å²) in [6, 6.07) is 7.35. The van der Waals surface area contributed by atoms with E-state index in [4.69, 9.17) is 0 Å². The molecule has 2 aliphatic rings. The molecule has 2 amide bonds. The van der Waals surface area contributed by atoms with Gasteiger partial charge in [0.05, 0.1) is 6.54 Å². The van der Waals surface area contributed by atoms with Crippen LogP contribution < -0.4 is 5.43 Å². The second-order valence-corrected chi connectivity index (χ2v) is 4.83. The van der Waals surface area contributed by atoms with E-state index in [0.717, 1.165) is 4.90 Å². The van der Waals surface area contributed by atoms with Gasteiger partial charge in [0.2, 0.25) is 5.91 Å². The molecule has 3 rings (SSSR count). The Balaban J connectivity index is 1.86. The van der Waals surface area contributed by atoms with Gasteiger partial charge in [-0.1, -0.05) is 30.3 Å². The highest BCUT2D eigenvalue weighted by atomic mass is 19.4. The van der Waals surface area contributed by atoms with E-state index in [0.29, 0.717) is 5.56 Å². The van der Waals surface area contributed by atoms with Gasteiger partial charge in [0.15, 0.2) is 5.71 Å². The van der Waals surface area contributed by atoms with E-state index in [2.05, 4.69) is 10.5 Å². The number of imide groups is 1. The summed E-state index contributed by atoms with van der Waals surface area (Å²) < 4.78 is 38.4. The predicted molar refractivity (Wildman–Crippen MR) is 65.9 cm³/mol. The van der Waals surface area contributed by atoms with Crippen molar-refractivity contribution in [2.45, 2.75) is 18.8 Å². The molecule has 1 N–H and O–H groups in total. The smallest absolute Gasteiger partial charge is 0.296 e. The Bertz CT molecular complexity index is 627. The first-order valence-corrected chi connectivity index (χ1v) is 6.19. The number of nitrogens with one attached hydrogen (secondary N) is 1. The molecule has 0 unspecified atom stereocenters. The van der Waals surface area contributed by atoms with E-state index in [-0.39, 0.29) is 6.54 Å². The zero-order valence-electron chi connectivity index (χ0n) is 10.6. The Labute approximate surface area is 117 Å². The highest BCUT2D eigenvalue weighted by Crippen LogP contribution is 2.34. The number of hydrogen-bond acceptors (Lipinski definition) is 4. The van der Waals surface area contributed by atoms with Crippen LogP contribution in [0.1, 0.15) is 5.56 Å². The van der Waals surface area contributed by atoms with Crippen molar-refractivity contribution in [1.29, 1.82) is 0 Å². The van der Waals surface area contributed by atoms with Crippen LogP contribution in [-0.2, 0) is 16.1 Å². The molecule has 1 fully saturated rings. The maximum absolute atomic E-state index is 12.8. The predicted octanol–water partition coefficient (Wildman–Crippen LogP) is 1.06. The van der Waals surface area contributed by atoms with E-state index in [9.17, 15) is 22.8 Å². The molecule has 2 aliphatic heterocycles. The van der Waals surface area contributed by atoms with E-state index >= 15 is 0 Å². The van der Waals surface area contributed by atoms with E-state index < -0.39 is 35.7 Å². The van der Waals surface area contributed by atoms with E-state index in [1.165, 1.54) is 0 Å². The lowest BCUT2D eigenvalue weighted by molar-refractivity contribution is -0.140. The van der Waals surface area contributed by atoms with Crippen molar-refractivity contribution in [2.75, 3.05) is 0 Å². The molecule has 0 spiro atoms. The van der Waals surface area contributed by atoms with Gasteiger partial charge < -0.3 is 0 Å². The van der Waals surface area contributed by atoms with Gasteiger partial charge in [-0.3, -0.25) is 19.9 Å². The van der Waals surface area contributed by atoms with Crippen molar-refractivity contribution >= 4 is 17.5 Å². The molecule has 0 aromatic heterocycles. The monoisotopic (exact) mass is 297 g/mol. The SMILES string of the molecule is O=C1[C@H]2C(C(F)(F)F)=NN[C@H]2C(=O)N1Cc1ccccc1. The second-order valence-electron chi connectivity index (χ2n) is 4.83. The normalized spacial score (nSPS) is 24.9. The summed E-state index contributed by atoms with van der Waals surface area (Å²) in [6.07, 6.45) is -4.73. The molecule has 110 valence electrons. The van der Waals surface area contributed by atoms with Crippen molar-refractivity contribution in [3.05, 3.63) is 35.9 Å². The molecule has 2 heterocycles. The van der Waals surface area contributed by atoms with Crippen LogP contribution in [0.5, 0.6) is 0 Å². The Morgan fingerprint density at radius 2 is 1.81 bits per heavy atom. The molecule has 0 bridgehead atoms. The van der Waals surface area contributed by atoms with Crippen LogP contribution in [0.2, 0.25) is 0 Å². The van der Waals surface area contributed by atoms with Crippen LogP contribution in [0, 0.1) is 5.92 Å². The molecule has 1 saturated heterocycles. The zero-order valence-corrected chi connectivity index (χ0v) is 10.6. The highest BCUT2D eigenvalue weighted by molar-refractivity contribution is 6.20. The molecule has 0 aliphatic carbocycles. The molecular formula is C13H10F3N3O2. The number of alkyl halides is 3. The Morgan fingerprint density at radius 1 is 1.14 bits per heavy atom. The third-order valence-electron chi connectivity index (χ3n) is 3.49. The summed E-state index contributed by atoms with van der Waals surface area (Å²) in [6.45, 7) is -0.0433. The standard InChI is InChI=1S/C13H10F3N3O2/c14-13(15,16)10-8-9(17-18-10)12(21)19(11(8)20)6-7-4-2-1-3-5-7/h1-5,8-9,17H,6H2/t8-,9-/m1/s1. The topological polar surface area (TPSA) is 61.8 Å². The molecular weight excluding hydrogens is 287 g/mol. The van der Waals surface area contributed by atoms with Gasteiger partial charge in [-0.25, -0.2) is 0 Å². The number of likely N-dealkylation sites (tertiary alicyclic amines) is 1. The fourth-order valence-corrected chi connectivity index (χ4v) is 2.50. The number of rotatable bonds is 2. The summed E-state index contributed by atoms with van der Waals surface area (Å²) >= 11 is 0. The van der Waals surface area contributed by atoms with E-state index in [1.54, 1.807) is 30.3 Å². The number of fused-ring (bicyclic) bond motifs is 1. The molecule has 8 heteroatoms. The summed E-state index contributed by atoms with van der Waals surface area (Å²) in [7, 11) is 0. The molecule has 5 nitrogen and oxygen atoms in total. The van der Waals surface area contributed by atoms with Crippen molar-refractivity contribution in [3.8, 4) is 0 Å². The highest BCUT2D eigenvalue weighted by Gasteiger charge is 2.59. The molecule has 1 aromatic carbocycles. The summed E-state index contributed by atoms with van der Waals surface area (Å²) in [5, 5.41) is 3.11. The maximum Gasteiger partial charge on any atom is 0.432 e. The van der Waals surface area contributed by atoms with Crippen molar-refractivity contribution in [3.63, 3.8) is 0 Å². The molecule has 21 heavy (non-hydrogen) atoms. The largest absolute Gasteiger partial charge is 0.432 e. The van der Waals surface area contributed by atoms with Crippen LogP contribution >= 0.6 is 0 Å². The number of amides is 2. The average molecular weight is 297 g/mol. The number of carbonyl (C=O) groups is 2. The number of halogens is 3. The van der Waals surface area contributed by atoms with Crippen molar-refractivity contribution in [1.82, 2.24) is 10.3 Å².